The zero-order valence-corrected chi connectivity index (χ0v) is 16.1. The zero-order chi connectivity index (χ0) is 18.9. The van der Waals surface area contributed by atoms with Crippen molar-refractivity contribution in [1.82, 2.24) is 0 Å². The van der Waals surface area contributed by atoms with Gasteiger partial charge in [0.1, 0.15) is 0 Å². The summed E-state index contributed by atoms with van der Waals surface area (Å²) in [6.07, 6.45) is 11.7. The van der Waals surface area contributed by atoms with E-state index in [1.165, 1.54) is 49.7 Å². The van der Waals surface area contributed by atoms with E-state index >= 15 is 0 Å². The lowest BCUT2D eigenvalue weighted by atomic mass is 9.78. The number of hydrogen-bond donors (Lipinski definition) is 0. The molecule has 27 heavy (non-hydrogen) atoms. The van der Waals surface area contributed by atoms with E-state index in [-0.39, 0.29) is 0 Å². The number of benzene rings is 2. The Bertz CT molecular complexity index is 846. The average molecular weight is 354 g/mol. The number of hydrogen-bond acceptors (Lipinski definition) is 1. The van der Waals surface area contributed by atoms with Crippen LogP contribution in [0.5, 0.6) is 0 Å². The summed E-state index contributed by atoms with van der Waals surface area (Å²) in [6, 6.07) is 18.8. The fourth-order valence-electron chi connectivity index (χ4n) is 3.83. The van der Waals surface area contributed by atoms with Gasteiger partial charge in [-0.15, -0.1) is 0 Å². The fourth-order valence-corrected chi connectivity index (χ4v) is 3.83. The fraction of sp³-hybridized carbons (Fsp3) is 0.346. The number of allylic oxidation sites excluding steroid dienone is 2. The molecule has 0 aromatic heterocycles. The molecule has 1 aliphatic rings. The van der Waals surface area contributed by atoms with Crippen LogP contribution in [0.3, 0.4) is 0 Å². The van der Waals surface area contributed by atoms with Gasteiger partial charge in [0.05, 0.1) is 11.6 Å². The second-order valence-corrected chi connectivity index (χ2v) is 7.42. The number of aryl methyl sites for hydroxylation is 1. The molecule has 0 N–H and O–H groups in total. The van der Waals surface area contributed by atoms with E-state index in [1.54, 1.807) is 0 Å². The van der Waals surface area contributed by atoms with Crippen molar-refractivity contribution in [3.05, 3.63) is 82.9 Å². The molecule has 0 unspecified atom stereocenters. The molecular weight excluding hydrogens is 326 g/mol. The van der Waals surface area contributed by atoms with Crippen LogP contribution in [0.25, 0.3) is 0 Å². The van der Waals surface area contributed by atoms with E-state index in [1.807, 2.05) is 30.3 Å². The molecule has 1 nitrogen and oxygen atoms in total. The molecule has 1 fully saturated rings. The summed E-state index contributed by atoms with van der Waals surface area (Å²) >= 11 is 0. The summed E-state index contributed by atoms with van der Waals surface area (Å²) < 4.78 is 0. The van der Waals surface area contributed by atoms with Gasteiger partial charge in [-0.2, -0.15) is 5.26 Å². The van der Waals surface area contributed by atoms with Crippen LogP contribution in [0.4, 0.5) is 0 Å². The second kappa shape index (κ2) is 9.80. The lowest BCUT2D eigenvalue weighted by Gasteiger charge is -2.27. The highest BCUT2D eigenvalue weighted by atomic mass is 14.3. The standard InChI is InChI=1S/C26H27N/c1-2-5-21-12-16-25(17-13-21)26-18-14-23(15-19-26)7-4-3-6-22-8-10-24(20-27)11-9-22/h4,7-13,16-17,23,26H,2,5,14-15,18-19H2,1H3. The molecule has 0 bridgehead atoms. The van der Waals surface area contributed by atoms with Crippen LogP contribution in [-0.4, -0.2) is 0 Å². The van der Waals surface area contributed by atoms with Crippen molar-refractivity contribution in [2.45, 2.75) is 51.4 Å². The first-order valence-corrected chi connectivity index (χ1v) is 10.1. The van der Waals surface area contributed by atoms with Crippen LogP contribution < -0.4 is 0 Å². The Morgan fingerprint density at radius 1 is 0.926 bits per heavy atom. The molecule has 0 amide bonds. The maximum Gasteiger partial charge on any atom is 0.0991 e. The van der Waals surface area contributed by atoms with Crippen molar-refractivity contribution in [1.29, 1.82) is 5.26 Å². The van der Waals surface area contributed by atoms with Crippen LogP contribution in [0.15, 0.2) is 60.7 Å². The highest BCUT2D eigenvalue weighted by Crippen LogP contribution is 2.36. The average Bonchev–Trinajstić information content (AvgIpc) is 2.73. The predicted molar refractivity (Wildman–Crippen MR) is 112 cm³/mol. The smallest absolute Gasteiger partial charge is 0.0991 e. The first-order valence-electron chi connectivity index (χ1n) is 10.1. The minimum Gasteiger partial charge on any atom is -0.192 e. The topological polar surface area (TPSA) is 23.8 Å². The Morgan fingerprint density at radius 2 is 1.59 bits per heavy atom. The van der Waals surface area contributed by atoms with Gasteiger partial charge in [-0.1, -0.05) is 55.5 Å². The zero-order valence-electron chi connectivity index (χ0n) is 16.1. The van der Waals surface area contributed by atoms with E-state index < -0.39 is 0 Å². The largest absolute Gasteiger partial charge is 0.192 e. The third-order valence-corrected chi connectivity index (χ3v) is 5.44. The third-order valence-electron chi connectivity index (χ3n) is 5.44. The van der Waals surface area contributed by atoms with Gasteiger partial charge in [0.25, 0.3) is 0 Å². The molecule has 0 heterocycles. The lowest BCUT2D eigenvalue weighted by molar-refractivity contribution is 0.376. The summed E-state index contributed by atoms with van der Waals surface area (Å²) in [5, 5.41) is 8.81. The van der Waals surface area contributed by atoms with Crippen LogP contribution in [0, 0.1) is 29.1 Å². The Kier molecular flexibility index (Phi) is 6.90. The van der Waals surface area contributed by atoms with Crippen molar-refractivity contribution in [3.63, 3.8) is 0 Å². The molecule has 3 rings (SSSR count). The van der Waals surface area contributed by atoms with Crippen LogP contribution >= 0.6 is 0 Å². The van der Waals surface area contributed by atoms with E-state index in [9.17, 15) is 0 Å². The van der Waals surface area contributed by atoms with Gasteiger partial charge in [-0.3, -0.25) is 0 Å². The van der Waals surface area contributed by atoms with Crippen molar-refractivity contribution < 1.29 is 0 Å². The monoisotopic (exact) mass is 353 g/mol. The minimum atomic E-state index is 0.649. The Labute approximate surface area is 163 Å². The van der Waals surface area contributed by atoms with Gasteiger partial charge in [0.2, 0.25) is 0 Å². The van der Waals surface area contributed by atoms with E-state index in [4.69, 9.17) is 5.26 Å². The predicted octanol–water partition coefficient (Wildman–Crippen LogP) is 6.39. The van der Waals surface area contributed by atoms with Crippen molar-refractivity contribution in [3.8, 4) is 17.9 Å². The summed E-state index contributed by atoms with van der Waals surface area (Å²) in [7, 11) is 0. The first kappa shape index (κ1) is 19.0. The molecule has 2 aromatic rings. The second-order valence-electron chi connectivity index (χ2n) is 7.42. The van der Waals surface area contributed by atoms with Crippen molar-refractivity contribution >= 4 is 0 Å². The lowest BCUT2D eigenvalue weighted by Crippen LogP contribution is -2.11. The van der Waals surface area contributed by atoms with Gasteiger partial charge in [-0.05, 0) is 85.4 Å². The van der Waals surface area contributed by atoms with Crippen molar-refractivity contribution in [2.24, 2.45) is 5.92 Å². The summed E-state index contributed by atoms with van der Waals surface area (Å²) in [5.41, 5.74) is 4.60. The molecule has 0 spiro atoms. The Hall–Kier alpha value is -2.77. The number of nitrogens with zero attached hydrogens (tertiary/aromatic N) is 1. The molecule has 0 saturated heterocycles. The van der Waals surface area contributed by atoms with Gasteiger partial charge in [-0.25, -0.2) is 0 Å². The van der Waals surface area contributed by atoms with Crippen LogP contribution in [-0.2, 0) is 6.42 Å². The van der Waals surface area contributed by atoms with Gasteiger partial charge >= 0.3 is 0 Å². The van der Waals surface area contributed by atoms with Gasteiger partial charge in [0.15, 0.2) is 0 Å². The van der Waals surface area contributed by atoms with E-state index in [0.717, 1.165) is 11.5 Å². The summed E-state index contributed by atoms with van der Waals surface area (Å²) in [5.74, 6) is 7.64. The van der Waals surface area contributed by atoms with E-state index in [0.29, 0.717) is 11.5 Å². The number of nitriles is 1. The molecule has 1 saturated carbocycles. The first-order chi connectivity index (χ1) is 13.3. The third kappa shape index (κ3) is 5.60. The van der Waals surface area contributed by atoms with Crippen molar-refractivity contribution in [2.75, 3.05) is 0 Å². The molecule has 136 valence electrons. The summed E-state index contributed by atoms with van der Waals surface area (Å²) in [6.45, 7) is 2.23. The van der Waals surface area contributed by atoms with Crippen LogP contribution in [0.1, 0.15) is 67.2 Å². The Morgan fingerprint density at radius 3 is 2.22 bits per heavy atom. The van der Waals surface area contributed by atoms with E-state index in [2.05, 4.69) is 55.2 Å². The molecule has 0 aliphatic heterocycles. The molecule has 1 heteroatoms. The molecule has 0 radical (unpaired) electrons. The number of rotatable bonds is 4. The Balaban J connectivity index is 1.48. The summed E-state index contributed by atoms with van der Waals surface area (Å²) in [4.78, 5) is 0. The molecule has 1 aliphatic carbocycles. The SMILES string of the molecule is CCCc1ccc(C2CCC(C=CC#Cc3ccc(C#N)cc3)CC2)cc1. The highest BCUT2D eigenvalue weighted by molar-refractivity contribution is 5.41. The van der Waals surface area contributed by atoms with Crippen LogP contribution in [0.2, 0.25) is 0 Å². The highest BCUT2D eigenvalue weighted by Gasteiger charge is 2.20. The quantitative estimate of drug-likeness (QED) is 0.584. The molecule has 2 aromatic carbocycles. The van der Waals surface area contributed by atoms with Gasteiger partial charge < -0.3 is 0 Å². The maximum atomic E-state index is 8.81. The maximum absolute atomic E-state index is 8.81. The normalized spacial score (nSPS) is 19.3. The van der Waals surface area contributed by atoms with Gasteiger partial charge in [0, 0.05) is 5.56 Å². The molecule has 0 atom stereocenters. The molecular formula is C26H27N. The minimum absolute atomic E-state index is 0.649.